The lowest BCUT2D eigenvalue weighted by Crippen LogP contribution is -2.29. The van der Waals surface area contributed by atoms with Gasteiger partial charge in [-0.25, -0.2) is 8.42 Å². The number of benzene rings is 1. The molecule has 1 amide bonds. The van der Waals surface area contributed by atoms with Crippen LogP contribution in [0.2, 0.25) is 0 Å². The van der Waals surface area contributed by atoms with E-state index in [2.05, 4.69) is 0 Å². The standard InChI is InChI=1S/C12H17NO3S/c1-4-12(14)13(5-2)10-7-6-8-11(9-10)17(3,15)16/h6-9H,4-5H2,1-3H3. The number of nitrogens with zero attached hydrogens (tertiary/aromatic N) is 1. The van der Waals surface area contributed by atoms with E-state index < -0.39 is 9.84 Å². The van der Waals surface area contributed by atoms with Crippen LogP contribution in [0, 0.1) is 0 Å². The summed E-state index contributed by atoms with van der Waals surface area (Å²) >= 11 is 0. The number of carbonyl (C=O) groups is 1. The van der Waals surface area contributed by atoms with Crippen LogP contribution in [0.1, 0.15) is 20.3 Å². The van der Waals surface area contributed by atoms with Crippen LogP contribution in [0.4, 0.5) is 5.69 Å². The predicted octanol–water partition coefficient (Wildman–Crippen LogP) is 1.85. The Morgan fingerprint density at radius 3 is 2.41 bits per heavy atom. The quantitative estimate of drug-likeness (QED) is 0.825. The molecule has 1 rings (SSSR count). The van der Waals surface area contributed by atoms with Gasteiger partial charge < -0.3 is 4.90 Å². The molecule has 0 spiro atoms. The highest BCUT2D eigenvalue weighted by molar-refractivity contribution is 7.90. The van der Waals surface area contributed by atoms with Gasteiger partial charge >= 0.3 is 0 Å². The number of rotatable bonds is 4. The van der Waals surface area contributed by atoms with Crippen molar-refractivity contribution in [3.63, 3.8) is 0 Å². The highest BCUT2D eigenvalue weighted by Crippen LogP contribution is 2.20. The number of hydrogen-bond donors (Lipinski definition) is 0. The molecule has 0 bridgehead atoms. The fourth-order valence-electron chi connectivity index (χ4n) is 1.58. The van der Waals surface area contributed by atoms with Crippen LogP contribution >= 0.6 is 0 Å². The zero-order valence-electron chi connectivity index (χ0n) is 10.3. The number of sulfone groups is 1. The molecule has 4 nitrogen and oxygen atoms in total. The number of carbonyl (C=O) groups excluding carboxylic acids is 1. The number of amides is 1. The molecule has 94 valence electrons. The molecule has 0 unspecified atom stereocenters. The molecule has 0 saturated carbocycles. The Kier molecular flexibility index (Phi) is 4.28. The zero-order chi connectivity index (χ0) is 13.1. The fraction of sp³-hybridized carbons (Fsp3) is 0.417. The number of hydrogen-bond acceptors (Lipinski definition) is 3. The minimum Gasteiger partial charge on any atom is -0.313 e. The minimum absolute atomic E-state index is 0.0156. The Hall–Kier alpha value is -1.36. The van der Waals surface area contributed by atoms with Gasteiger partial charge in [-0.2, -0.15) is 0 Å². The van der Waals surface area contributed by atoms with Crippen molar-refractivity contribution in [1.29, 1.82) is 0 Å². The summed E-state index contributed by atoms with van der Waals surface area (Å²) in [4.78, 5) is 13.5. The Bertz CT molecular complexity index is 508. The van der Waals surface area contributed by atoms with E-state index >= 15 is 0 Å². The summed E-state index contributed by atoms with van der Waals surface area (Å²) in [5, 5.41) is 0. The van der Waals surface area contributed by atoms with Gasteiger partial charge in [0.05, 0.1) is 4.90 Å². The summed E-state index contributed by atoms with van der Waals surface area (Å²) in [6.45, 7) is 4.17. The van der Waals surface area contributed by atoms with Gasteiger partial charge in [-0.1, -0.05) is 13.0 Å². The summed E-state index contributed by atoms with van der Waals surface area (Å²) in [5.41, 5.74) is 0.627. The molecule has 0 N–H and O–H groups in total. The molecule has 0 aliphatic heterocycles. The molecule has 0 aliphatic carbocycles. The van der Waals surface area contributed by atoms with Crippen molar-refractivity contribution in [2.24, 2.45) is 0 Å². The molecule has 0 radical (unpaired) electrons. The molecule has 5 heteroatoms. The van der Waals surface area contributed by atoms with Crippen LogP contribution in [0.3, 0.4) is 0 Å². The molecule has 1 aromatic carbocycles. The van der Waals surface area contributed by atoms with E-state index in [0.29, 0.717) is 18.7 Å². The third-order valence-electron chi connectivity index (χ3n) is 2.48. The second-order valence-corrected chi connectivity index (χ2v) is 5.78. The Labute approximate surface area is 102 Å². The van der Waals surface area contributed by atoms with Crippen molar-refractivity contribution in [3.05, 3.63) is 24.3 Å². The van der Waals surface area contributed by atoms with Gasteiger partial charge in [0.1, 0.15) is 0 Å². The molecule has 17 heavy (non-hydrogen) atoms. The minimum atomic E-state index is -3.24. The first-order chi connectivity index (χ1) is 7.90. The van der Waals surface area contributed by atoms with E-state index in [1.165, 1.54) is 12.1 Å². The van der Waals surface area contributed by atoms with Gasteiger partial charge in [0, 0.05) is 24.9 Å². The fourth-order valence-corrected chi connectivity index (χ4v) is 2.24. The van der Waals surface area contributed by atoms with E-state index in [9.17, 15) is 13.2 Å². The summed E-state index contributed by atoms with van der Waals surface area (Å²) in [6, 6.07) is 6.46. The van der Waals surface area contributed by atoms with E-state index in [0.717, 1.165) is 6.26 Å². The van der Waals surface area contributed by atoms with Crippen molar-refractivity contribution in [2.75, 3.05) is 17.7 Å². The van der Waals surface area contributed by atoms with Crippen molar-refractivity contribution in [1.82, 2.24) is 0 Å². The average Bonchev–Trinajstić information content (AvgIpc) is 2.29. The van der Waals surface area contributed by atoms with Crippen LogP contribution in [0.15, 0.2) is 29.2 Å². The maximum atomic E-state index is 11.7. The lowest BCUT2D eigenvalue weighted by molar-refractivity contribution is -0.118. The predicted molar refractivity (Wildman–Crippen MR) is 67.9 cm³/mol. The first-order valence-electron chi connectivity index (χ1n) is 5.50. The van der Waals surface area contributed by atoms with E-state index in [1.807, 2.05) is 6.92 Å². The Balaban J connectivity index is 3.19. The normalized spacial score (nSPS) is 11.2. The largest absolute Gasteiger partial charge is 0.313 e. The summed E-state index contributed by atoms with van der Waals surface area (Å²) < 4.78 is 22.9. The van der Waals surface area contributed by atoms with Gasteiger partial charge in [0.15, 0.2) is 9.84 Å². The van der Waals surface area contributed by atoms with Gasteiger partial charge in [-0.05, 0) is 25.1 Å². The van der Waals surface area contributed by atoms with E-state index in [1.54, 1.807) is 24.0 Å². The summed E-state index contributed by atoms with van der Waals surface area (Å²) in [6.07, 6.45) is 1.56. The number of anilines is 1. The van der Waals surface area contributed by atoms with E-state index in [4.69, 9.17) is 0 Å². The topological polar surface area (TPSA) is 54.5 Å². The van der Waals surface area contributed by atoms with E-state index in [-0.39, 0.29) is 10.8 Å². The second-order valence-electron chi connectivity index (χ2n) is 3.76. The maximum absolute atomic E-state index is 11.7. The molecule has 0 heterocycles. The summed E-state index contributed by atoms with van der Waals surface area (Å²) in [7, 11) is -3.24. The molecule has 0 saturated heterocycles. The molecular weight excluding hydrogens is 238 g/mol. The van der Waals surface area contributed by atoms with Crippen molar-refractivity contribution < 1.29 is 13.2 Å². The smallest absolute Gasteiger partial charge is 0.226 e. The third kappa shape index (κ3) is 3.30. The maximum Gasteiger partial charge on any atom is 0.226 e. The van der Waals surface area contributed by atoms with Crippen molar-refractivity contribution >= 4 is 21.4 Å². The molecule has 0 atom stereocenters. The summed E-state index contributed by atoms with van der Waals surface area (Å²) in [5.74, 6) is -0.0156. The van der Waals surface area contributed by atoms with Crippen LogP contribution < -0.4 is 4.90 Å². The molecule has 0 aromatic heterocycles. The first-order valence-corrected chi connectivity index (χ1v) is 7.39. The Morgan fingerprint density at radius 1 is 1.29 bits per heavy atom. The average molecular weight is 255 g/mol. The Morgan fingerprint density at radius 2 is 1.94 bits per heavy atom. The molecular formula is C12H17NO3S. The van der Waals surface area contributed by atoms with Crippen molar-refractivity contribution in [3.8, 4) is 0 Å². The van der Waals surface area contributed by atoms with Crippen LogP contribution in [-0.2, 0) is 14.6 Å². The van der Waals surface area contributed by atoms with Crippen LogP contribution in [0.5, 0.6) is 0 Å². The monoisotopic (exact) mass is 255 g/mol. The third-order valence-corrected chi connectivity index (χ3v) is 3.59. The van der Waals surface area contributed by atoms with Gasteiger partial charge in [-0.3, -0.25) is 4.79 Å². The van der Waals surface area contributed by atoms with Crippen LogP contribution in [-0.4, -0.2) is 27.1 Å². The van der Waals surface area contributed by atoms with Gasteiger partial charge in [-0.15, -0.1) is 0 Å². The highest BCUT2D eigenvalue weighted by Gasteiger charge is 2.14. The SMILES string of the molecule is CCC(=O)N(CC)c1cccc(S(C)(=O)=O)c1. The van der Waals surface area contributed by atoms with Crippen LogP contribution in [0.25, 0.3) is 0 Å². The lowest BCUT2D eigenvalue weighted by atomic mass is 10.2. The van der Waals surface area contributed by atoms with Crippen molar-refractivity contribution in [2.45, 2.75) is 25.2 Å². The second kappa shape index (κ2) is 5.31. The van der Waals surface area contributed by atoms with Gasteiger partial charge in [0.25, 0.3) is 0 Å². The van der Waals surface area contributed by atoms with Gasteiger partial charge in [0.2, 0.25) is 5.91 Å². The first kappa shape index (κ1) is 13.7. The molecule has 0 fully saturated rings. The lowest BCUT2D eigenvalue weighted by Gasteiger charge is -2.20. The zero-order valence-corrected chi connectivity index (χ0v) is 11.1. The highest BCUT2D eigenvalue weighted by atomic mass is 32.2. The molecule has 1 aromatic rings. The molecule has 0 aliphatic rings.